The third-order valence-corrected chi connectivity index (χ3v) is 12.2. The molecule has 0 spiro atoms. The number of benzene rings is 1. The number of phenols is 1. The van der Waals surface area contributed by atoms with Crippen LogP contribution in [0, 0.1) is 37.9 Å². The third-order valence-electron chi connectivity index (χ3n) is 12.2. The number of hydrogen-bond acceptors (Lipinski definition) is 2. The number of aliphatic carboxylic acids is 1. The van der Waals surface area contributed by atoms with Crippen molar-refractivity contribution in [2.24, 2.45) is 37.9 Å². The first kappa shape index (κ1) is 21.7. The molecule has 3 heteroatoms. The minimum atomic E-state index is -0.519. The average molecular weight is 463 g/mol. The highest BCUT2D eigenvalue weighted by atomic mass is 16.4. The average Bonchev–Trinajstić information content (AvgIpc) is 2.62. The van der Waals surface area contributed by atoms with Gasteiger partial charge >= 0.3 is 5.97 Å². The minimum absolute atomic E-state index is 0.148. The van der Waals surface area contributed by atoms with Crippen molar-refractivity contribution in [1.29, 1.82) is 0 Å². The van der Waals surface area contributed by atoms with Crippen LogP contribution in [0.25, 0.3) is 0 Å². The molecule has 4 unspecified atom stereocenters. The maximum absolute atomic E-state index is 12.9. The summed E-state index contributed by atoms with van der Waals surface area (Å²) in [5.41, 5.74) is 2.41. The third kappa shape index (κ3) is 2.57. The van der Waals surface area contributed by atoms with E-state index in [0.717, 1.165) is 19.3 Å². The smallest absolute Gasteiger partial charge is 0.309 e. The number of rotatable bonds is 3. The summed E-state index contributed by atoms with van der Waals surface area (Å²) in [7, 11) is 0. The van der Waals surface area contributed by atoms with Gasteiger partial charge in [0.05, 0.1) is 5.41 Å². The van der Waals surface area contributed by atoms with E-state index in [9.17, 15) is 15.0 Å². The van der Waals surface area contributed by atoms with Gasteiger partial charge in [0, 0.05) is 0 Å². The molecule has 34 heavy (non-hydrogen) atoms. The molecule has 0 radical (unpaired) electrons. The Kier molecular flexibility index (Phi) is 3.66. The van der Waals surface area contributed by atoms with Gasteiger partial charge in [-0.2, -0.15) is 0 Å². The van der Waals surface area contributed by atoms with Crippen LogP contribution in [0.1, 0.15) is 110 Å². The van der Waals surface area contributed by atoms with Crippen molar-refractivity contribution in [3.8, 4) is 5.75 Å². The van der Waals surface area contributed by atoms with Crippen LogP contribution in [-0.2, 0) is 10.2 Å². The summed E-state index contributed by atoms with van der Waals surface area (Å²) in [6.45, 7) is 10.00. The number of carboxylic acid groups (broad SMARTS) is 1. The molecule has 2 N–H and O–H groups in total. The first-order valence-electron chi connectivity index (χ1n) is 13.7. The van der Waals surface area contributed by atoms with Crippen LogP contribution in [0.4, 0.5) is 0 Å². The van der Waals surface area contributed by atoms with Crippen molar-refractivity contribution in [2.75, 3.05) is 0 Å². The first-order valence-corrected chi connectivity index (χ1v) is 13.7. The molecule has 0 saturated heterocycles. The topological polar surface area (TPSA) is 57.5 Å². The molecule has 1 aromatic carbocycles. The van der Waals surface area contributed by atoms with Crippen molar-refractivity contribution in [3.63, 3.8) is 0 Å². The van der Waals surface area contributed by atoms with E-state index in [1.54, 1.807) is 0 Å². The first-order chi connectivity index (χ1) is 15.7. The van der Waals surface area contributed by atoms with E-state index in [1.807, 2.05) is 12.1 Å². The van der Waals surface area contributed by atoms with Gasteiger partial charge in [-0.05, 0) is 133 Å². The second kappa shape index (κ2) is 5.73. The van der Waals surface area contributed by atoms with E-state index in [4.69, 9.17) is 0 Å². The van der Waals surface area contributed by atoms with Crippen LogP contribution in [0.2, 0.25) is 0 Å². The van der Waals surface area contributed by atoms with Gasteiger partial charge in [0.1, 0.15) is 5.75 Å². The zero-order chi connectivity index (χ0) is 24.0. The van der Waals surface area contributed by atoms with E-state index in [-0.39, 0.29) is 27.1 Å². The van der Waals surface area contributed by atoms with Crippen LogP contribution in [0.3, 0.4) is 0 Å². The van der Waals surface area contributed by atoms with E-state index in [1.165, 1.54) is 63.4 Å². The highest BCUT2D eigenvalue weighted by Gasteiger charge is 2.77. The molecule has 0 aromatic heterocycles. The highest BCUT2D eigenvalue weighted by molar-refractivity contribution is 5.76. The van der Waals surface area contributed by atoms with Crippen molar-refractivity contribution in [3.05, 3.63) is 29.8 Å². The lowest BCUT2D eigenvalue weighted by Gasteiger charge is -2.79. The Bertz CT molecular complexity index is 1060. The van der Waals surface area contributed by atoms with Gasteiger partial charge in [-0.25, -0.2) is 0 Å². The van der Waals surface area contributed by atoms with Crippen molar-refractivity contribution >= 4 is 5.97 Å². The second-order valence-electron chi connectivity index (χ2n) is 16.3. The number of aromatic hydroxyl groups is 1. The van der Waals surface area contributed by atoms with Crippen molar-refractivity contribution < 1.29 is 15.0 Å². The molecule has 0 heterocycles. The highest BCUT2D eigenvalue weighted by Crippen LogP contribution is 2.85. The fourth-order valence-corrected chi connectivity index (χ4v) is 13.9. The van der Waals surface area contributed by atoms with Crippen LogP contribution in [-0.4, -0.2) is 16.2 Å². The molecule has 0 amide bonds. The monoisotopic (exact) mass is 462 g/mol. The molecular formula is C31H42O3. The Hall–Kier alpha value is -1.51. The van der Waals surface area contributed by atoms with Crippen molar-refractivity contribution in [1.82, 2.24) is 0 Å². The summed E-state index contributed by atoms with van der Waals surface area (Å²) in [6.07, 6.45) is 14.0. The fourth-order valence-electron chi connectivity index (χ4n) is 13.9. The maximum atomic E-state index is 12.9. The molecule has 8 fully saturated rings. The zero-order valence-electron chi connectivity index (χ0n) is 21.6. The Labute approximate surface area is 204 Å². The summed E-state index contributed by atoms with van der Waals surface area (Å²) < 4.78 is 0. The summed E-state index contributed by atoms with van der Waals surface area (Å²) in [6, 6.07) is 8.17. The minimum Gasteiger partial charge on any atom is -0.508 e. The van der Waals surface area contributed by atoms with Gasteiger partial charge in [-0.15, -0.1) is 0 Å². The van der Waals surface area contributed by atoms with E-state index in [0.29, 0.717) is 16.6 Å². The molecule has 0 aliphatic heterocycles. The van der Waals surface area contributed by atoms with E-state index >= 15 is 0 Å². The van der Waals surface area contributed by atoms with Gasteiger partial charge in [-0.1, -0.05) is 39.8 Å². The Morgan fingerprint density at radius 3 is 1.53 bits per heavy atom. The normalized spacial score (nSPS) is 56.7. The lowest BCUT2D eigenvalue weighted by molar-refractivity contribution is -0.286. The molecule has 9 rings (SSSR count). The van der Waals surface area contributed by atoms with E-state index in [2.05, 4.69) is 39.8 Å². The fraction of sp³-hybridized carbons (Fsp3) is 0.774. The number of hydrogen-bond donors (Lipinski definition) is 2. The lowest BCUT2D eigenvalue weighted by atomic mass is 9.25. The molecule has 8 bridgehead atoms. The molecule has 8 aliphatic rings. The summed E-state index contributed by atoms with van der Waals surface area (Å²) in [5.74, 6) is -0.158. The van der Waals surface area contributed by atoms with Crippen molar-refractivity contribution in [2.45, 2.75) is 110 Å². The molecule has 1 aromatic rings. The Morgan fingerprint density at radius 2 is 1.06 bits per heavy atom. The van der Waals surface area contributed by atoms with Crippen LogP contribution in [0.15, 0.2) is 24.3 Å². The Morgan fingerprint density at radius 1 is 0.618 bits per heavy atom. The van der Waals surface area contributed by atoms with Crippen LogP contribution >= 0.6 is 0 Å². The SMILES string of the molecule is CC12CC3(C)CC(C(=O)O)(C1)CC(C14CC5(C)CC(C)(CC(c6ccc(O)cc6)(C5)C1)C4)(C2)C3. The largest absolute Gasteiger partial charge is 0.508 e. The van der Waals surface area contributed by atoms with Gasteiger partial charge in [0.15, 0.2) is 0 Å². The van der Waals surface area contributed by atoms with Gasteiger partial charge < -0.3 is 10.2 Å². The number of carboxylic acids is 1. The van der Waals surface area contributed by atoms with Gasteiger partial charge in [-0.3, -0.25) is 4.79 Å². The van der Waals surface area contributed by atoms with E-state index < -0.39 is 11.4 Å². The summed E-state index contributed by atoms with van der Waals surface area (Å²) in [4.78, 5) is 12.9. The predicted molar refractivity (Wildman–Crippen MR) is 133 cm³/mol. The Balaban J connectivity index is 1.42. The number of phenolic OH excluding ortho intramolecular Hbond substituents is 1. The second-order valence-corrected chi connectivity index (χ2v) is 16.3. The zero-order valence-corrected chi connectivity index (χ0v) is 21.6. The molecule has 4 atom stereocenters. The summed E-state index contributed by atoms with van der Waals surface area (Å²) >= 11 is 0. The molecule has 184 valence electrons. The number of carbonyl (C=O) groups is 1. The lowest BCUT2D eigenvalue weighted by Crippen LogP contribution is -2.71. The maximum Gasteiger partial charge on any atom is 0.309 e. The predicted octanol–water partition coefficient (Wildman–Crippen LogP) is 7.46. The molecular weight excluding hydrogens is 420 g/mol. The quantitative estimate of drug-likeness (QED) is 0.490. The summed E-state index contributed by atoms with van der Waals surface area (Å²) in [5, 5.41) is 20.7. The van der Waals surface area contributed by atoms with Gasteiger partial charge in [0.2, 0.25) is 0 Å². The molecule has 3 nitrogen and oxygen atoms in total. The van der Waals surface area contributed by atoms with Crippen LogP contribution in [0.5, 0.6) is 5.75 Å². The standard InChI is InChI=1S/C31H42O3/c1-24-9-25(2)12-28(11-24,21-5-7-22(32)8-6-21)19-30(15-24,16-25)31-17-26(3)10-27(4,18-31)14-29(13-26,20-31)23(33)34/h5-8,32H,9-20H2,1-4H3,(H,33,34). The van der Waals surface area contributed by atoms with Crippen LogP contribution < -0.4 is 0 Å². The van der Waals surface area contributed by atoms with Gasteiger partial charge in [0.25, 0.3) is 0 Å². The molecule has 8 saturated carbocycles. The molecule has 8 aliphatic carbocycles.